The number of aromatic nitrogens is 1. The smallest absolute Gasteiger partial charge is 0.143 e. The molecule has 1 aromatic heterocycles. The van der Waals surface area contributed by atoms with Crippen molar-refractivity contribution in [3.8, 4) is 0 Å². The van der Waals surface area contributed by atoms with Crippen molar-refractivity contribution in [1.82, 2.24) is 4.98 Å². The molecular formula is C15H13BrClFN2. The SMILES string of the molecule is Fc1ccccc1C1CC(Nc2cnc(Cl)c(Br)c2)C1. The Kier molecular flexibility index (Phi) is 3.94. The summed E-state index contributed by atoms with van der Waals surface area (Å²) in [6.07, 6.45) is 3.58. The van der Waals surface area contributed by atoms with E-state index in [2.05, 4.69) is 26.2 Å². The quantitative estimate of drug-likeness (QED) is 0.784. The van der Waals surface area contributed by atoms with Gasteiger partial charge in [-0.05, 0) is 52.4 Å². The van der Waals surface area contributed by atoms with Gasteiger partial charge in [-0.15, -0.1) is 0 Å². The normalized spacial score (nSPS) is 21.4. The minimum absolute atomic E-state index is 0.105. The zero-order valence-electron chi connectivity index (χ0n) is 10.6. The number of hydrogen-bond acceptors (Lipinski definition) is 2. The van der Waals surface area contributed by atoms with Crippen LogP contribution in [0.4, 0.5) is 10.1 Å². The van der Waals surface area contributed by atoms with E-state index >= 15 is 0 Å². The van der Waals surface area contributed by atoms with Crippen molar-refractivity contribution in [2.45, 2.75) is 24.8 Å². The minimum atomic E-state index is -0.105. The maximum atomic E-state index is 13.7. The Balaban J connectivity index is 1.61. The lowest BCUT2D eigenvalue weighted by Gasteiger charge is -2.37. The molecule has 0 bridgehead atoms. The van der Waals surface area contributed by atoms with Crippen LogP contribution in [0.3, 0.4) is 0 Å². The number of hydrogen-bond donors (Lipinski definition) is 1. The Morgan fingerprint density at radius 2 is 2.05 bits per heavy atom. The third-order valence-electron chi connectivity index (χ3n) is 3.65. The maximum Gasteiger partial charge on any atom is 0.143 e. The van der Waals surface area contributed by atoms with Crippen LogP contribution in [0, 0.1) is 5.82 Å². The molecular weight excluding hydrogens is 343 g/mol. The molecule has 0 amide bonds. The summed E-state index contributed by atoms with van der Waals surface area (Å²) in [4.78, 5) is 4.08. The molecule has 104 valence electrons. The maximum absolute atomic E-state index is 13.7. The topological polar surface area (TPSA) is 24.9 Å². The molecule has 5 heteroatoms. The predicted octanol–water partition coefficient (Wildman–Crippen LogP) is 4.99. The van der Waals surface area contributed by atoms with Crippen LogP contribution < -0.4 is 5.32 Å². The zero-order chi connectivity index (χ0) is 14.1. The van der Waals surface area contributed by atoms with Crippen LogP contribution in [-0.2, 0) is 0 Å². The Morgan fingerprint density at radius 3 is 2.75 bits per heavy atom. The molecule has 0 radical (unpaired) electrons. The van der Waals surface area contributed by atoms with Crippen molar-refractivity contribution in [2.75, 3.05) is 5.32 Å². The Labute approximate surface area is 130 Å². The monoisotopic (exact) mass is 354 g/mol. The summed E-state index contributed by atoms with van der Waals surface area (Å²) in [7, 11) is 0. The highest BCUT2D eigenvalue weighted by Gasteiger charge is 2.31. The molecule has 0 atom stereocenters. The number of benzene rings is 1. The van der Waals surface area contributed by atoms with Crippen LogP contribution in [0.5, 0.6) is 0 Å². The Bertz CT molecular complexity index is 629. The lowest BCUT2D eigenvalue weighted by molar-refractivity contribution is 0.363. The van der Waals surface area contributed by atoms with Gasteiger partial charge in [0.1, 0.15) is 11.0 Å². The first-order chi connectivity index (χ1) is 9.63. The molecule has 1 aliphatic carbocycles. The lowest BCUT2D eigenvalue weighted by atomic mass is 9.75. The van der Waals surface area contributed by atoms with Crippen molar-refractivity contribution in [3.63, 3.8) is 0 Å². The van der Waals surface area contributed by atoms with E-state index in [1.54, 1.807) is 12.3 Å². The summed E-state index contributed by atoms with van der Waals surface area (Å²) in [6, 6.07) is 9.27. The van der Waals surface area contributed by atoms with E-state index in [0.29, 0.717) is 17.1 Å². The molecule has 1 fully saturated rings. The molecule has 1 aromatic carbocycles. The van der Waals surface area contributed by atoms with E-state index in [9.17, 15) is 4.39 Å². The highest BCUT2D eigenvalue weighted by molar-refractivity contribution is 9.10. The van der Waals surface area contributed by atoms with Crippen molar-refractivity contribution >= 4 is 33.2 Å². The average molecular weight is 356 g/mol. The second-order valence-electron chi connectivity index (χ2n) is 5.03. The molecule has 2 nitrogen and oxygen atoms in total. The molecule has 2 aromatic rings. The molecule has 1 saturated carbocycles. The average Bonchev–Trinajstić information content (AvgIpc) is 2.39. The van der Waals surface area contributed by atoms with Crippen molar-refractivity contribution in [2.24, 2.45) is 0 Å². The molecule has 1 aliphatic rings. The van der Waals surface area contributed by atoms with Gasteiger partial charge < -0.3 is 5.32 Å². The van der Waals surface area contributed by atoms with Crippen LogP contribution in [0.15, 0.2) is 41.0 Å². The van der Waals surface area contributed by atoms with Crippen LogP contribution in [0.1, 0.15) is 24.3 Å². The summed E-state index contributed by atoms with van der Waals surface area (Å²) >= 11 is 9.21. The van der Waals surface area contributed by atoms with Crippen molar-refractivity contribution < 1.29 is 4.39 Å². The largest absolute Gasteiger partial charge is 0.381 e. The van der Waals surface area contributed by atoms with E-state index < -0.39 is 0 Å². The van der Waals surface area contributed by atoms with E-state index in [0.717, 1.165) is 28.6 Å². The number of halogens is 3. The van der Waals surface area contributed by atoms with E-state index in [1.807, 2.05) is 18.2 Å². The fraction of sp³-hybridized carbons (Fsp3) is 0.267. The molecule has 0 saturated heterocycles. The second-order valence-corrected chi connectivity index (χ2v) is 6.24. The number of pyridine rings is 1. The van der Waals surface area contributed by atoms with Gasteiger partial charge in [-0.2, -0.15) is 0 Å². The van der Waals surface area contributed by atoms with Gasteiger partial charge in [0.25, 0.3) is 0 Å². The Hall–Kier alpha value is -1.13. The molecule has 3 rings (SSSR count). The molecule has 20 heavy (non-hydrogen) atoms. The zero-order valence-corrected chi connectivity index (χ0v) is 13.0. The first kappa shape index (κ1) is 13.8. The van der Waals surface area contributed by atoms with Crippen molar-refractivity contribution in [3.05, 3.63) is 57.5 Å². The standard InChI is InChI=1S/C15H13BrClFN2/c16-13-7-11(8-19-15(13)17)20-10-5-9(6-10)12-3-1-2-4-14(12)18/h1-4,7-10,20H,5-6H2. The number of nitrogens with zero attached hydrogens (tertiary/aromatic N) is 1. The highest BCUT2D eigenvalue weighted by atomic mass is 79.9. The lowest BCUT2D eigenvalue weighted by Crippen LogP contribution is -2.34. The molecule has 1 N–H and O–H groups in total. The summed E-state index contributed by atoms with van der Waals surface area (Å²) in [5, 5.41) is 3.84. The van der Waals surface area contributed by atoms with Gasteiger partial charge in [0.05, 0.1) is 16.4 Å². The number of rotatable bonds is 3. The fourth-order valence-electron chi connectivity index (χ4n) is 2.53. The van der Waals surface area contributed by atoms with Crippen LogP contribution in [0.25, 0.3) is 0 Å². The van der Waals surface area contributed by atoms with Gasteiger partial charge in [0.2, 0.25) is 0 Å². The molecule has 0 aliphatic heterocycles. The highest BCUT2D eigenvalue weighted by Crippen LogP contribution is 2.39. The van der Waals surface area contributed by atoms with Crippen LogP contribution >= 0.6 is 27.5 Å². The first-order valence-corrected chi connectivity index (χ1v) is 7.62. The predicted molar refractivity (Wildman–Crippen MR) is 82.7 cm³/mol. The van der Waals surface area contributed by atoms with E-state index in [-0.39, 0.29) is 5.82 Å². The van der Waals surface area contributed by atoms with E-state index in [1.165, 1.54) is 6.07 Å². The van der Waals surface area contributed by atoms with Gasteiger partial charge in [0.15, 0.2) is 0 Å². The molecule has 0 spiro atoms. The van der Waals surface area contributed by atoms with Gasteiger partial charge >= 0.3 is 0 Å². The fourth-order valence-corrected chi connectivity index (χ4v) is 2.98. The first-order valence-electron chi connectivity index (χ1n) is 6.45. The van der Waals surface area contributed by atoms with Crippen molar-refractivity contribution in [1.29, 1.82) is 0 Å². The van der Waals surface area contributed by atoms with Gasteiger partial charge in [-0.3, -0.25) is 0 Å². The third-order valence-corrected chi connectivity index (χ3v) is 4.78. The second kappa shape index (κ2) is 5.70. The summed E-state index contributed by atoms with van der Waals surface area (Å²) in [5.74, 6) is 0.198. The van der Waals surface area contributed by atoms with Crippen LogP contribution in [-0.4, -0.2) is 11.0 Å². The molecule has 1 heterocycles. The number of nitrogens with one attached hydrogen (secondary N) is 1. The Morgan fingerprint density at radius 1 is 1.30 bits per heavy atom. The third kappa shape index (κ3) is 2.81. The van der Waals surface area contributed by atoms with E-state index in [4.69, 9.17) is 11.6 Å². The van der Waals surface area contributed by atoms with Gasteiger partial charge in [-0.25, -0.2) is 9.37 Å². The summed E-state index contributed by atoms with van der Waals surface area (Å²) < 4.78 is 14.4. The molecule has 0 unspecified atom stereocenters. The summed E-state index contributed by atoms with van der Waals surface area (Å²) in [5.41, 5.74) is 1.75. The summed E-state index contributed by atoms with van der Waals surface area (Å²) in [6.45, 7) is 0. The van der Waals surface area contributed by atoms with Gasteiger partial charge in [-0.1, -0.05) is 29.8 Å². The minimum Gasteiger partial charge on any atom is -0.381 e. The number of anilines is 1. The van der Waals surface area contributed by atoms with Crippen LogP contribution in [0.2, 0.25) is 5.15 Å². The van der Waals surface area contributed by atoms with Gasteiger partial charge in [0, 0.05) is 6.04 Å².